The van der Waals surface area contributed by atoms with Crippen LogP contribution in [0.25, 0.3) is 0 Å². The molecule has 1 heterocycles. The molecule has 1 aromatic carbocycles. The molecule has 0 bridgehead atoms. The quantitative estimate of drug-likeness (QED) is 0.721. The zero-order chi connectivity index (χ0) is 10.8. The number of hydrogen-bond donors (Lipinski definition) is 0. The van der Waals surface area contributed by atoms with Crippen LogP contribution in [-0.2, 0) is 0 Å². The number of nitrogens with zero attached hydrogens (tertiary/aromatic N) is 3. The lowest BCUT2D eigenvalue weighted by Gasteiger charge is -2.21. The number of halogens is 1. The molecular weight excluding hydrogens is 213 g/mol. The Hall–Kier alpha value is -1.36. The Balaban J connectivity index is 2.28. The molecule has 0 saturated heterocycles. The van der Waals surface area contributed by atoms with Crippen molar-refractivity contribution in [2.45, 2.75) is 13.1 Å². The van der Waals surface area contributed by atoms with Gasteiger partial charge in [-0.25, -0.2) is 4.39 Å². The van der Waals surface area contributed by atoms with Crippen LogP contribution in [0, 0.1) is 5.82 Å². The second-order valence-electron chi connectivity index (χ2n) is 3.21. The normalized spacial score (nSPS) is 20.0. The lowest BCUT2D eigenvalue weighted by molar-refractivity contribution is 0.364. The van der Waals surface area contributed by atoms with E-state index in [2.05, 4.69) is 10.2 Å². The van der Waals surface area contributed by atoms with E-state index in [1.165, 1.54) is 12.1 Å². The van der Waals surface area contributed by atoms with E-state index in [4.69, 9.17) is 12.2 Å². The highest BCUT2D eigenvalue weighted by Crippen LogP contribution is 2.28. The van der Waals surface area contributed by atoms with Gasteiger partial charge in [-0.05, 0) is 36.8 Å². The lowest BCUT2D eigenvalue weighted by Crippen LogP contribution is -2.26. The SMILES string of the molecule is CCN1C(=S)N=NC1c1ccc(F)cc1. The molecular formula is C10H10FN3S. The largest absolute Gasteiger partial charge is 0.319 e. The molecule has 1 atom stereocenters. The molecule has 0 aromatic heterocycles. The fraction of sp³-hybridized carbons (Fsp3) is 0.300. The highest BCUT2D eigenvalue weighted by atomic mass is 32.1. The molecule has 0 radical (unpaired) electrons. The monoisotopic (exact) mass is 223 g/mol. The highest BCUT2D eigenvalue weighted by molar-refractivity contribution is 7.80. The summed E-state index contributed by atoms with van der Waals surface area (Å²) >= 11 is 5.03. The Morgan fingerprint density at radius 1 is 1.40 bits per heavy atom. The molecule has 0 aliphatic carbocycles. The van der Waals surface area contributed by atoms with E-state index in [0.717, 1.165) is 12.1 Å². The summed E-state index contributed by atoms with van der Waals surface area (Å²) in [5, 5.41) is 8.41. The predicted octanol–water partition coefficient (Wildman–Crippen LogP) is 2.90. The van der Waals surface area contributed by atoms with Crippen LogP contribution >= 0.6 is 12.2 Å². The van der Waals surface area contributed by atoms with Crippen molar-refractivity contribution in [1.82, 2.24) is 4.90 Å². The average molecular weight is 223 g/mol. The van der Waals surface area contributed by atoms with Crippen LogP contribution < -0.4 is 0 Å². The van der Waals surface area contributed by atoms with Crippen LogP contribution in [0.15, 0.2) is 34.5 Å². The van der Waals surface area contributed by atoms with E-state index in [1.807, 2.05) is 11.8 Å². The van der Waals surface area contributed by atoms with E-state index in [-0.39, 0.29) is 12.0 Å². The second kappa shape index (κ2) is 4.02. The molecule has 5 heteroatoms. The standard InChI is InChI=1S/C10H10FN3S/c1-2-14-9(12-13-10(14)15)7-3-5-8(11)6-4-7/h3-6,9H,2H2,1H3. The van der Waals surface area contributed by atoms with Crippen LogP contribution in [0.5, 0.6) is 0 Å². The number of rotatable bonds is 2. The first-order valence-corrected chi connectivity index (χ1v) is 5.10. The summed E-state index contributed by atoms with van der Waals surface area (Å²) < 4.78 is 12.7. The fourth-order valence-corrected chi connectivity index (χ4v) is 1.79. The van der Waals surface area contributed by atoms with E-state index < -0.39 is 0 Å². The zero-order valence-corrected chi connectivity index (χ0v) is 9.04. The first kappa shape index (κ1) is 10.2. The molecule has 3 nitrogen and oxygen atoms in total. The summed E-state index contributed by atoms with van der Waals surface area (Å²) in [5.74, 6) is -0.251. The number of hydrogen-bond acceptors (Lipinski definition) is 2. The first-order valence-electron chi connectivity index (χ1n) is 4.69. The van der Waals surface area contributed by atoms with Gasteiger partial charge in [0.05, 0.1) is 0 Å². The summed E-state index contributed by atoms with van der Waals surface area (Å²) in [6.07, 6.45) is -0.192. The van der Waals surface area contributed by atoms with Gasteiger partial charge in [-0.2, -0.15) is 5.11 Å². The predicted molar refractivity (Wildman–Crippen MR) is 59.0 cm³/mol. The minimum Gasteiger partial charge on any atom is -0.319 e. The third kappa shape index (κ3) is 1.87. The number of azo groups is 1. The molecule has 0 saturated carbocycles. The third-order valence-corrected chi connectivity index (χ3v) is 2.62. The maximum atomic E-state index is 12.7. The van der Waals surface area contributed by atoms with Crippen molar-refractivity contribution < 1.29 is 4.39 Å². The molecule has 0 fully saturated rings. The molecule has 2 rings (SSSR count). The van der Waals surface area contributed by atoms with Crippen molar-refractivity contribution in [2.24, 2.45) is 10.2 Å². The Morgan fingerprint density at radius 2 is 2.07 bits per heavy atom. The van der Waals surface area contributed by atoms with Gasteiger partial charge in [0.15, 0.2) is 6.17 Å². The van der Waals surface area contributed by atoms with Gasteiger partial charge < -0.3 is 4.90 Å². The average Bonchev–Trinajstić information content (AvgIpc) is 2.61. The van der Waals surface area contributed by atoms with Crippen LogP contribution in [-0.4, -0.2) is 16.6 Å². The fourth-order valence-electron chi connectivity index (χ4n) is 1.52. The molecule has 1 unspecified atom stereocenters. The van der Waals surface area contributed by atoms with Crippen LogP contribution in [0.4, 0.5) is 4.39 Å². The van der Waals surface area contributed by atoms with Crippen LogP contribution in [0.2, 0.25) is 0 Å². The van der Waals surface area contributed by atoms with Crippen molar-refractivity contribution >= 4 is 17.3 Å². The van der Waals surface area contributed by atoms with Crippen molar-refractivity contribution in [3.8, 4) is 0 Å². The summed E-state index contributed by atoms with van der Waals surface area (Å²) in [4.78, 5) is 1.89. The third-order valence-electron chi connectivity index (χ3n) is 2.30. The van der Waals surface area contributed by atoms with E-state index in [9.17, 15) is 4.39 Å². The summed E-state index contributed by atoms with van der Waals surface area (Å²) in [5.41, 5.74) is 0.904. The maximum absolute atomic E-state index is 12.7. The molecule has 1 aliphatic heterocycles. The summed E-state index contributed by atoms with van der Waals surface area (Å²) in [6.45, 7) is 2.73. The molecule has 1 aliphatic rings. The smallest absolute Gasteiger partial charge is 0.218 e. The first-order chi connectivity index (χ1) is 7.22. The van der Waals surface area contributed by atoms with Gasteiger partial charge in [0.2, 0.25) is 5.11 Å². The van der Waals surface area contributed by atoms with Gasteiger partial charge in [0.25, 0.3) is 0 Å². The minimum absolute atomic E-state index is 0.192. The van der Waals surface area contributed by atoms with Crippen LogP contribution in [0.3, 0.4) is 0 Å². The highest BCUT2D eigenvalue weighted by Gasteiger charge is 2.26. The van der Waals surface area contributed by atoms with Crippen molar-refractivity contribution in [3.63, 3.8) is 0 Å². The van der Waals surface area contributed by atoms with E-state index in [0.29, 0.717) is 5.11 Å². The zero-order valence-electron chi connectivity index (χ0n) is 8.22. The molecule has 1 aromatic rings. The molecule has 15 heavy (non-hydrogen) atoms. The number of benzene rings is 1. The van der Waals surface area contributed by atoms with Crippen molar-refractivity contribution in [1.29, 1.82) is 0 Å². The molecule has 0 N–H and O–H groups in total. The van der Waals surface area contributed by atoms with Crippen molar-refractivity contribution in [3.05, 3.63) is 35.6 Å². The van der Waals surface area contributed by atoms with E-state index in [1.54, 1.807) is 12.1 Å². The molecule has 78 valence electrons. The van der Waals surface area contributed by atoms with Gasteiger partial charge >= 0.3 is 0 Å². The number of thiocarbonyl (C=S) groups is 1. The molecule has 0 spiro atoms. The van der Waals surface area contributed by atoms with Crippen LogP contribution in [0.1, 0.15) is 18.7 Å². The Labute approximate surface area is 92.6 Å². The Kier molecular flexibility index (Phi) is 2.73. The Morgan fingerprint density at radius 3 is 2.67 bits per heavy atom. The molecule has 0 amide bonds. The van der Waals surface area contributed by atoms with Gasteiger partial charge in [-0.15, -0.1) is 5.11 Å². The van der Waals surface area contributed by atoms with Gasteiger partial charge in [-0.3, -0.25) is 0 Å². The topological polar surface area (TPSA) is 28.0 Å². The van der Waals surface area contributed by atoms with Crippen molar-refractivity contribution in [2.75, 3.05) is 6.54 Å². The van der Waals surface area contributed by atoms with Gasteiger partial charge in [0.1, 0.15) is 5.82 Å². The van der Waals surface area contributed by atoms with Gasteiger partial charge in [0, 0.05) is 6.54 Å². The lowest BCUT2D eigenvalue weighted by atomic mass is 10.1. The van der Waals surface area contributed by atoms with Gasteiger partial charge in [-0.1, -0.05) is 12.1 Å². The minimum atomic E-state index is -0.251. The Bertz CT molecular complexity index is 402. The maximum Gasteiger partial charge on any atom is 0.218 e. The second-order valence-corrected chi connectivity index (χ2v) is 3.57. The van der Waals surface area contributed by atoms with E-state index >= 15 is 0 Å². The summed E-state index contributed by atoms with van der Waals surface area (Å²) in [7, 11) is 0. The summed E-state index contributed by atoms with van der Waals surface area (Å²) in [6, 6.07) is 6.24.